The molecule has 1 aliphatic rings. The van der Waals surface area contributed by atoms with Crippen molar-refractivity contribution in [3.05, 3.63) is 0 Å². The average Bonchev–Trinajstić information content (AvgIpc) is 1.86. The second kappa shape index (κ2) is 2.87. The van der Waals surface area contributed by atoms with E-state index >= 15 is 0 Å². The number of hydrogen-bond acceptors (Lipinski definition) is 4. The summed E-state index contributed by atoms with van der Waals surface area (Å²) in [4.78, 5) is 0. The van der Waals surface area contributed by atoms with Crippen LogP contribution in [0.1, 0.15) is 20.3 Å². The average molecular weight is 158 g/mol. The molecule has 0 aromatic heterocycles. The predicted molar refractivity (Wildman–Crippen MR) is 40.1 cm³/mol. The highest BCUT2D eigenvalue weighted by Crippen LogP contribution is 2.28. The van der Waals surface area contributed by atoms with Gasteiger partial charge in [-0.25, -0.2) is 0 Å². The highest BCUT2D eigenvalue weighted by Gasteiger charge is 2.32. The van der Waals surface area contributed by atoms with Crippen molar-refractivity contribution in [2.75, 3.05) is 7.11 Å². The molecule has 1 aliphatic heterocycles. The van der Waals surface area contributed by atoms with Gasteiger partial charge in [-0.3, -0.25) is 0 Å². The molecule has 0 fully saturated rings. The third-order valence-corrected chi connectivity index (χ3v) is 1.82. The number of methoxy groups -OCH3 is 1. The summed E-state index contributed by atoms with van der Waals surface area (Å²) in [5.41, 5.74) is -0.992. The molecule has 0 radical (unpaired) electrons. The zero-order valence-electron chi connectivity index (χ0n) is 7.11. The van der Waals surface area contributed by atoms with Crippen molar-refractivity contribution in [2.24, 2.45) is 16.1 Å². The Balaban J connectivity index is 2.67. The molecule has 0 saturated heterocycles. The van der Waals surface area contributed by atoms with Gasteiger partial charge < -0.3 is 9.84 Å². The van der Waals surface area contributed by atoms with Crippen LogP contribution in [0.4, 0.5) is 0 Å². The van der Waals surface area contributed by atoms with Gasteiger partial charge in [0.2, 0.25) is 0 Å². The summed E-state index contributed by atoms with van der Waals surface area (Å²) in [6.07, 6.45) is 0.421. The molecule has 3 unspecified atom stereocenters. The normalized spacial score (nSPS) is 44.4. The lowest BCUT2D eigenvalue weighted by atomic mass is 9.98. The van der Waals surface area contributed by atoms with E-state index in [0.29, 0.717) is 6.42 Å². The van der Waals surface area contributed by atoms with Crippen LogP contribution in [0.3, 0.4) is 0 Å². The van der Waals surface area contributed by atoms with Crippen molar-refractivity contribution in [1.82, 2.24) is 0 Å². The zero-order chi connectivity index (χ0) is 8.48. The summed E-state index contributed by atoms with van der Waals surface area (Å²) in [5.74, 6) is 0.229. The molecule has 4 nitrogen and oxygen atoms in total. The summed E-state index contributed by atoms with van der Waals surface area (Å²) in [6, 6.07) is 0. The van der Waals surface area contributed by atoms with Crippen LogP contribution < -0.4 is 0 Å². The highest BCUT2D eigenvalue weighted by molar-refractivity contribution is 4.79. The van der Waals surface area contributed by atoms with Gasteiger partial charge in [-0.1, -0.05) is 6.92 Å². The molecule has 64 valence electrons. The van der Waals surface area contributed by atoms with E-state index in [4.69, 9.17) is 4.74 Å². The number of nitrogens with zero attached hydrogens (tertiary/aromatic N) is 2. The molecule has 1 heterocycles. The molecular formula is C7H14N2O2. The van der Waals surface area contributed by atoms with Crippen LogP contribution in [0.25, 0.3) is 0 Å². The Morgan fingerprint density at radius 1 is 1.64 bits per heavy atom. The maximum atomic E-state index is 9.44. The van der Waals surface area contributed by atoms with Gasteiger partial charge in [0.25, 0.3) is 0 Å². The lowest BCUT2D eigenvalue weighted by Gasteiger charge is -2.29. The molecule has 1 rings (SSSR count). The summed E-state index contributed by atoms with van der Waals surface area (Å²) in [7, 11) is 1.60. The molecule has 11 heavy (non-hydrogen) atoms. The van der Waals surface area contributed by atoms with E-state index in [2.05, 4.69) is 10.2 Å². The lowest BCUT2D eigenvalue weighted by molar-refractivity contribution is -0.0397. The van der Waals surface area contributed by atoms with Crippen LogP contribution >= 0.6 is 0 Å². The van der Waals surface area contributed by atoms with Gasteiger partial charge in [0.15, 0.2) is 12.0 Å². The summed E-state index contributed by atoms with van der Waals surface area (Å²) >= 11 is 0. The molecule has 3 atom stereocenters. The molecular weight excluding hydrogens is 144 g/mol. The first-order valence-electron chi connectivity index (χ1n) is 3.72. The summed E-state index contributed by atoms with van der Waals surface area (Å²) < 4.78 is 5.03. The summed E-state index contributed by atoms with van der Waals surface area (Å²) in [6.45, 7) is 3.64. The molecule has 0 bridgehead atoms. The Morgan fingerprint density at radius 3 is 2.73 bits per heavy atom. The molecule has 0 amide bonds. The Labute approximate surface area is 66.3 Å². The van der Waals surface area contributed by atoms with Crippen LogP contribution in [0.2, 0.25) is 0 Å². The van der Waals surface area contributed by atoms with Crippen molar-refractivity contribution in [2.45, 2.75) is 32.2 Å². The van der Waals surface area contributed by atoms with Crippen molar-refractivity contribution in [3.63, 3.8) is 0 Å². The van der Waals surface area contributed by atoms with Gasteiger partial charge in [-0.2, -0.15) is 10.2 Å². The topological polar surface area (TPSA) is 54.2 Å². The first kappa shape index (κ1) is 8.62. The molecule has 0 aromatic rings. The van der Waals surface area contributed by atoms with Crippen LogP contribution in [0.5, 0.6) is 0 Å². The number of ether oxygens (including phenoxy) is 1. The smallest absolute Gasteiger partial charge is 0.173 e. The van der Waals surface area contributed by atoms with E-state index in [1.807, 2.05) is 6.92 Å². The van der Waals surface area contributed by atoms with Crippen LogP contribution in [-0.2, 0) is 4.74 Å². The summed E-state index contributed by atoms with van der Waals surface area (Å²) in [5, 5.41) is 17.0. The van der Waals surface area contributed by atoms with E-state index in [9.17, 15) is 5.11 Å². The highest BCUT2D eigenvalue weighted by atomic mass is 16.5. The predicted octanol–water partition coefficient (Wildman–Crippen LogP) is 1.16. The van der Waals surface area contributed by atoms with Gasteiger partial charge in [0, 0.05) is 19.4 Å². The number of hydrogen-bond donors (Lipinski definition) is 1. The molecule has 1 N–H and O–H groups in total. The first-order valence-corrected chi connectivity index (χ1v) is 3.72. The van der Waals surface area contributed by atoms with Crippen LogP contribution in [0, 0.1) is 5.92 Å². The number of rotatable bonds is 1. The van der Waals surface area contributed by atoms with E-state index < -0.39 is 5.72 Å². The standard InChI is InChI=1S/C7H14N2O2/c1-5-4-7(2,10)9-8-6(5)11-3/h5-6,10H,4H2,1-3H3. The largest absolute Gasteiger partial charge is 0.368 e. The lowest BCUT2D eigenvalue weighted by Crippen LogP contribution is -2.34. The van der Waals surface area contributed by atoms with Crippen LogP contribution in [0.15, 0.2) is 10.2 Å². The Hall–Kier alpha value is -0.480. The van der Waals surface area contributed by atoms with Gasteiger partial charge in [-0.05, 0) is 6.92 Å². The minimum atomic E-state index is -0.992. The minimum absolute atomic E-state index is 0.185. The molecule has 0 aliphatic carbocycles. The monoisotopic (exact) mass is 158 g/mol. The Kier molecular flexibility index (Phi) is 2.25. The maximum Gasteiger partial charge on any atom is 0.173 e. The van der Waals surface area contributed by atoms with E-state index in [-0.39, 0.29) is 12.1 Å². The third kappa shape index (κ3) is 1.97. The molecule has 0 spiro atoms. The van der Waals surface area contributed by atoms with Crippen molar-refractivity contribution in [3.8, 4) is 0 Å². The molecule has 4 heteroatoms. The zero-order valence-corrected chi connectivity index (χ0v) is 7.11. The van der Waals surface area contributed by atoms with Gasteiger partial charge >= 0.3 is 0 Å². The first-order chi connectivity index (χ1) is 5.05. The second-order valence-corrected chi connectivity index (χ2v) is 3.24. The van der Waals surface area contributed by atoms with Crippen LogP contribution in [-0.4, -0.2) is 24.2 Å². The maximum absolute atomic E-state index is 9.44. The fourth-order valence-corrected chi connectivity index (χ4v) is 1.33. The van der Waals surface area contributed by atoms with Crippen molar-refractivity contribution >= 4 is 0 Å². The van der Waals surface area contributed by atoms with Crippen molar-refractivity contribution in [1.29, 1.82) is 0 Å². The Bertz CT molecular complexity index is 168. The Morgan fingerprint density at radius 2 is 2.27 bits per heavy atom. The van der Waals surface area contributed by atoms with E-state index in [1.54, 1.807) is 14.0 Å². The van der Waals surface area contributed by atoms with E-state index in [0.717, 1.165) is 0 Å². The fourth-order valence-electron chi connectivity index (χ4n) is 1.33. The number of aliphatic hydroxyl groups is 1. The molecule has 0 saturated carbocycles. The second-order valence-electron chi connectivity index (χ2n) is 3.24. The third-order valence-electron chi connectivity index (χ3n) is 1.82. The minimum Gasteiger partial charge on any atom is -0.368 e. The quantitative estimate of drug-likeness (QED) is 0.622. The van der Waals surface area contributed by atoms with Gasteiger partial charge in [0.1, 0.15) is 0 Å². The SMILES string of the molecule is COC1N=NC(C)(O)CC1C. The van der Waals surface area contributed by atoms with Gasteiger partial charge in [0.05, 0.1) is 0 Å². The van der Waals surface area contributed by atoms with Crippen molar-refractivity contribution < 1.29 is 9.84 Å². The number of azo groups is 1. The molecule has 0 aromatic carbocycles. The van der Waals surface area contributed by atoms with Gasteiger partial charge in [-0.15, -0.1) is 0 Å². The van der Waals surface area contributed by atoms with E-state index in [1.165, 1.54) is 0 Å². The fraction of sp³-hybridized carbons (Fsp3) is 1.00.